The smallest absolute Gasteiger partial charge is 0.253 e. The molecule has 146 valence electrons. The lowest BCUT2D eigenvalue weighted by Gasteiger charge is -2.17. The van der Waals surface area contributed by atoms with Crippen LogP contribution in [0, 0.1) is 5.92 Å². The van der Waals surface area contributed by atoms with Crippen LogP contribution in [0.15, 0.2) is 48.5 Å². The molecule has 0 saturated carbocycles. The van der Waals surface area contributed by atoms with E-state index in [0.717, 1.165) is 5.69 Å². The SMILES string of the molecule is COc1ccc(N2C[C@@H](C(=O)Nc3cccc(C(=O)N(C)C)c3)CC2=O)cc1. The molecule has 1 atom stereocenters. The Labute approximate surface area is 163 Å². The van der Waals surface area contributed by atoms with Crippen LogP contribution in [0.1, 0.15) is 16.8 Å². The van der Waals surface area contributed by atoms with E-state index in [1.54, 1.807) is 74.6 Å². The second kappa shape index (κ2) is 8.12. The first-order valence-corrected chi connectivity index (χ1v) is 8.96. The Bertz CT molecular complexity index is 893. The molecule has 3 rings (SSSR count). The standard InChI is InChI=1S/C21H23N3O4/c1-23(2)21(27)14-5-4-6-16(11-14)22-20(26)15-12-19(25)24(13-15)17-7-9-18(28-3)10-8-17/h4-11,15H,12-13H2,1-3H3,(H,22,26)/t15-/m0/s1. The van der Waals surface area contributed by atoms with Crippen LogP contribution in [0.2, 0.25) is 0 Å². The van der Waals surface area contributed by atoms with Gasteiger partial charge < -0.3 is 19.9 Å². The van der Waals surface area contributed by atoms with Gasteiger partial charge in [0.05, 0.1) is 13.0 Å². The number of amides is 3. The molecule has 1 aliphatic heterocycles. The first-order valence-electron chi connectivity index (χ1n) is 8.96. The Morgan fingerprint density at radius 2 is 1.86 bits per heavy atom. The summed E-state index contributed by atoms with van der Waals surface area (Å²) in [7, 11) is 4.93. The summed E-state index contributed by atoms with van der Waals surface area (Å²) in [4.78, 5) is 40.2. The van der Waals surface area contributed by atoms with Crippen molar-refractivity contribution in [3.63, 3.8) is 0 Å². The number of carbonyl (C=O) groups is 3. The molecule has 0 radical (unpaired) electrons. The molecule has 1 aliphatic rings. The molecule has 7 heteroatoms. The van der Waals surface area contributed by atoms with Gasteiger partial charge in [0.1, 0.15) is 5.75 Å². The number of hydrogen-bond acceptors (Lipinski definition) is 4. The van der Waals surface area contributed by atoms with E-state index in [4.69, 9.17) is 4.74 Å². The van der Waals surface area contributed by atoms with Gasteiger partial charge in [0.15, 0.2) is 0 Å². The van der Waals surface area contributed by atoms with Crippen molar-refractivity contribution in [1.29, 1.82) is 0 Å². The number of rotatable bonds is 5. The zero-order valence-corrected chi connectivity index (χ0v) is 16.1. The number of hydrogen-bond donors (Lipinski definition) is 1. The van der Waals surface area contributed by atoms with Crippen LogP contribution in [0.5, 0.6) is 5.75 Å². The Morgan fingerprint density at radius 1 is 1.14 bits per heavy atom. The maximum atomic E-state index is 12.6. The molecule has 1 N–H and O–H groups in total. The van der Waals surface area contributed by atoms with E-state index in [1.807, 2.05) is 0 Å². The third-order valence-electron chi connectivity index (χ3n) is 4.66. The van der Waals surface area contributed by atoms with Crippen LogP contribution in [0.3, 0.4) is 0 Å². The molecule has 0 bridgehead atoms. The molecule has 2 aromatic carbocycles. The highest BCUT2D eigenvalue weighted by Crippen LogP contribution is 2.27. The van der Waals surface area contributed by atoms with E-state index >= 15 is 0 Å². The molecule has 2 aromatic rings. The van der Waals surface area contributed by atoms with Crippen LogP contribution in [-0.2, 0) is 9.59 Å². The van der Waals surface area contributed by atoms with Gasteiger partial charge in [-0.3, -0.25) is 14.4 Å². The van der Waals surface area contributed by atoms with Gasteiger partial charge in [-0.25, -0.2) is 0 Å². The highest BCUT2D eigenvalue weighted by atomic mass is 16.5. The molecule has 28 heavy (non-hydrogen) atoms. The van der Waals surface area contributed by atoms with E-state index in [0.29, 0.717) is 23.5 Å². The number of nitrogens with zero attached hydrogens (tertiary/aromatic N) is 2. The second-order valence-corrected chi connectivity index (χ2v) is 6.87. The molecule has 1 heterocycles. The summed E-state index contributed by atoms with van der Waals surface area (Å²) < 4.78 is 5.13. The lowest BCUT2D eigenvalue weighted by molar-refractivity contribution is -0.122. The van der Waals surface area contributed by atoms with Crippen molar-refractivity contribution in [3.05, 3.63) is 54.1 Å². The molecular formula is C21H23N3O4. The Morgan fingerprint density at radius 3 is 2.50 bits per heavy atom. The van der Waals surface area contributed by atoms with Crippen LogP contribution >= 0.6 is 0 Å². The third-order valence-corrected chi connectivity index (χ3v) is 4.66. The average molecular weight is 381 g/mol. The van der Waals surface area contributed by atoms with Crippen molar-refractivity contribution in [1.82, 2.24) is 4.90 Å². The predicted octanol–water partition coefficient (Wildman–Crippen LogP) is 2.39. The van der Waals surface area contributed by atoms with Crippen molar-refractivity contribution in [3.8, 4) is 5.75 Å². The average Bonchev–Trinajstić information content (AvgIpc) is 3.09. The summed E-state index contributed by atoms with van der Waals surface area (Å²) in [6.07, 6.45) is 0.147. The van der Waals surface area contributed by atoms with Crippen molar-refractivity contribution in [2.24, 2.45) is 5.92 Å². The summed E-state index contributed by atoms with van der Waals surface area (Å²) in [5, 5.41) is 2.82. The normalized spacial score (nSPS) is 16.0. The summed E-state index contributed by atoms with van der Waals surface area (Å²) in [5.41, 5.74) is 1.76. The monoisotopic (exact) mass is 381 g/mol. The molecule has 3 amide bonds. The Hall–Kier alpha value is -3.35. The van der Waals surface area contributed by atoms with Crippen LogP contribution < -0.4 is 15.0 Å². The van der Waals surface area contributed by atoms with Gasteiger partial charge in [0.2, 0.25) is 11.8 Å². The van der Waals surface area contributed by atoms with Crippen molar-refractivity contribution >= 4 is 29.1 Å². The molecule has 0 aliphatic carbocycles. The van der Waals surface area contributed by atoms with Gasteiger partial charge in [0.25, 0.3) is 5.91 Å². The molecule has 7 nitrogen and oxygen atoms in total. The number of anilines is 2. The molecule has 1 fully saturated rings. The van der Waals surface area contributed by atoms with Crippen molar-refractivity contribution < 1.29 is 19.1 Å². The quantitative estimate of drug-likeness (QED) is 0.863. The zero-order chi connectivity index (χ0) is 20.3. The minimum absolute atomic E-state index is 0.0955. The third kappa shape index (κ3) is 4.14. The van der Waals surface area contributed by atoms with Gasteiger partial charge in [-0.1, -0.05) is 6.07 Å². The largest absolute Gasteiger partial charge is 0.497 e. The summed E-state index contributed by atoms with van der Waals surface area (Å²) in [6.45, 7) is 0.313. The Kier molecular flexibility index (Phi) is 5.63. The van der Waals surface area contributed by atoms with Gasteiger partial charge >= 0.3 is 0 Å². The molecule has 0 spiro atoms. The van der Waals surface area contributed by atoms with Gasteiger partial charge in [-0.2, -0.15) is 0 Å². The van der Waals surface area contributed by atoms with Gasteiger partial charge in [0, 0.05) is 44.0 Å². The van der Waals surface area contributed by atoms with Crippen LogP contribution in [0.4, 0.5) is 11.4 Å². The van der Waals surface area contributed by atoms with Gasteiger partial charge in [-0.05, 0) is 42.5 Å². The predicted molar refractivity (Wildman–Crippen MR) is 107 cm³/mol. The first kappa shape index (κ1) is 19.4. The second-order valence-electron chi connectivity index (χ2n) is 6.87. The minimum atomic E-state index is -0.456. The fourth-order valence-corrected chi connectivity index (χ4v) is 3.13. The maximum absolute atomic E-state index is 12.6. The first-order chi connectivity index (χ1) is 13.4. The summed E-state index contributed by atoms with van der Waals surface area (Å²) >= 11 is 0. The molecule has 0 aromatic heterocycles. The van der Waals surface area contributed by atoms with Crippen LogP contribution in [0.25, 0.3) is 0 Å². The van der Waals surface area contributed by atoms with Crippen molar-refractivity contribution in [2.75, 3.05) is 38.0 Å². The van der Waals surface area contributed by atoms with E-state index in [1.165, 1.54) is 4.90 Å². The highest BCUT2D eigenvalue weighted by molar-refractivity contribution is 6.04. The number of nitrogens with one attached hydrogen (secondary N) is 1. The summed E-state index contributed by atoms with van der Waals surface area (Å²) in [6, 6.07) is 13.9. The van der Waals surface area contributed by atoms with E-state index in [-0.39, 0.29) is 24.1 Å². The number of benzene rings is 2. The van der Waals surface area contributed by atoms with E-state index < -0.39 is 5.92 Å². The van der Waals surface area contributed by atoms with Crippen molar-refractivity contribution in [2.45, 2.75) is 6.42 Å². The number of methoxy groups -OCH3 is 1. The topological polar surface area (TPSA) is 79.0 Å². The fourth-order valence-electron chi connectivity index (χ4n) is 3.13. The minimum Gasteiger partial charge on any atom is -0.497 e. The van der Waals surface area contributed by atoms with Crippen LogP contribution in [-0.4, -0.2) is 50.4 Å². The molecular weight excluding hydrogens is 358 g/mol. The molecule has 1 saturated heterocycles. The number of ether oxygens (including phenoxy) is 1. The van der Waals surface area contributed by atoms with Gasteiger partial charge in [-0.15, -0.1) is 0 Å². The van der Waals surface area contributed by atoms with E-state index in [2.05, 4.69) is 5.32 Å². The lowest BCUT2D eigenvalue weighted by atomic mass is 10.1. The maximum Gasteiger partial charge on any atom is 0.253 e. The molecule has 0 unspecified atom stereocenters. The summed E-state index contributed by atoms with van der Waals surface area (Å²) in [5.74, 6) is -0.224. The fraction of sp³-hybridized carbons (Fsp3) is 0.286. The Balaban J connectivity index is 1.68. The lowest BCUT2D eigenvalue weighted by Crippen LogP contribution is -2.28. The zero-order valence-electron chi connectivity index (χ0n) is 16.1. The van der Waals surface area contributed by atoms with E-state index in [9.17, 15) is 14.4 Å². The number of carbonyl (C=O) groups excluding carboxylic acids is 3. The highest BCUT2D eigenvalue weighted by Gasteiger charge is 2.35.